The van der Waals surface area contributed by atoms with Gasteiger partial charge in [0, 0.05) is 37.4 Å². The number of hydrogen-bond donors (Lipinski definition) is 4. The van der Waals surface area contributed by atoms with Gasteiger partial charge in [-0.3, -0.25) is 9.59 Å². The summed E-state index contributed by atoms with van der Waals surface area (Å²) in [7, 11) is 5.16. The molecule has 0 aromatic carbocycles. The van der Waals surface area contributed by atoms with Gasteiger partial charge in [0.15, 0.2) is 18.7 Å². The summed E-state index contributed by atoms with van der Waals surface area (Å²) < 4.78 is 49.3. The second kappa shape index (κ2) is 20.2. The van der Waals surface area contributed by atoms with E-state index in [4.69, 9.17) is 37.6 Å². The second-order valence-electron chi connectivity index (χ2n) is 18.2. The topological polar surface area (TPSA) is 213 Å². The molecule has 0 saturated carbocycles. The highest BCUT2D eigenvalue weighted by Gasteiger charge is 2.54. The van der Waals surface area contributed by atoms with Gasteiger partial charge in [0.2, 0.25) is 0 Å². The number of carbonyl (C=O) groups is 3. The van der Waals surface area contributed by atoms with Gasteiger partial charge in [-0.05, 0) is 93.1 Å². The molecule has 3 fully saturated rings. The standard InChI is InChI=1S/C44H71NO15/c1-14-31-44(10,52)37(48)25(4)34(47)23(2)21-42(8,51)39(26(5)35(27(6)40(50)57-31)59-33-22-43(9,53-13)38(49)28(7)56-33)60-41-36(30(45(11)12)20-24(3)55-41)58-32(46)18-17-29-16-15-19-54-29/h15-19,23-28,30-31,33,35-39,41,48-49,51-52H,14,20-22H2,1-13H3. The van der Waals surface area contributed by atoms with Crippen LogP contribution in [0.25, 0.3) is 6.08 Å². The molecule has 1 aromatic rings. The van der Waals surface area contributed by atoms with Crippen molar-refractivity contribution in [3.05, 3.63) is 30.2 Å². The van der Waals surface area contributed by atoms with Crippen LogP contribution in [-0.2, 0) is 47.5 Å². The van der Waals surface area contributed by atoms with Gasteiger partial charge in [-0.25, -0.2) is 4.79 Å². The molecule has 0 aliphatic carbocycles. The molecule has 3 aliphatic rings. The van der Waals surface area contributed by atoms with E-state index in [0.717, 1.165) is 0 Å². The lowest BCUT2D eigenvalue weighted by atomic mass is 9.74. The van der Waals surface area contributed by atoms with Crippen LogP contribution >= 0.6 is 0 Å². The van der Waals surface area contributed by atoms with E-state index < -0.39 is 126 Å². The van der Waals surface area contributed by atoms with E-state index in [9.17, 15) is 34.8 Å². The van der Waals surface area contributed by atoms with Crippen LogP contribution in [0.2, 0.25) is 0 Å². The van der Waals surface area contributed by atoms with E-state index in [0.29, 0.717) is 12.2 Å². The van der Waals surface area contributed by atoms with Crippen LogP contribution in [0.5, 0.6) is 0 Å². The molecule has 3 aliphatic heterocycles. The molecule has 0 amide bonds. The molecule has 0 radical (unpaired) electrons. The van der Waals surface area contributed by atoms with Crippen molar-refractivity contribution in [1.29, 1.82) is 0 Å². The van der Waals surface area contributed by atoms with Gasteiger partial charge in [0.25, 0.3) is 0 Å². The first-order chi connectivity index (χ1) is 27.9. The maximum absolute atomic E-state index is 14.3. The first-order valence-corrected chi connectivity index (χ1v) is 21.2. The minimum absolute atomic E-state index is 0.0567. The van der Waals surface area contributed by atoms with E-state index in [1.165, 1.54) is 46.3 Å². The molecule has 18 atom stereocenters. The summed E-state index contributed by atoms with van der Waals surface area (Å²) in [6, 6.07) is 2.97. The molecule has 4 N–H and O–H groups in total. The Morgan fingerprint density at radius 1 is 0.950 bits per heavy atom. The van der Waals surface area contributed by atoms with Crippen molar-refractivity contribution >= 4 is 23.8 Å². The lowest BCUT2D eigenvalue weighted by Crippen LogP contribution is -2.61. The molecule has 60 heavy (non-hydrogen) atoms. The number of rotatable bonds is 10. The highest BCUT2D eigenvalue weighted by atomic mass is 16.7. The van der Waals surface area contributed by atoms with Gasteiger partial charge >= 0.3 is 11.9 Å². The summed E-state index contributed by atoms with van der Waals surface area (Å²) in [6.07, 6.45) is -6.18. The molecule has 0 bridgehead atoms. The van der Waals surface area contributed by atoms with Crippen molar-refractivity contribution in [2.24, 2.45) is 23.7 Å². The summed E-state index contributed by atoms with van der Waals surface area (Å²) in [5.74, 6) is -5.54. The third-order valence-electron chi connectivity index (χ3n) is 13.0. The highest BCUT2D eigenvalue weighted by Crippen LogP contribution is 2.41. The number of carbonyl (C=O) groups excluding carboxylic acids is 3. The number of hydrogen-bond acceptors (Lipinski definition) is 16. The fourth-order valence-electron chi connectivity index (χ4n) is 9.23. The van der Waals surface area contributed by atoms with Crippen LogP contribution in [0, 0.1) is 23.7 Å². The molecule has 4 heterocycles. The van der Waals surface area contributed by atoms with Crippen molar-refractivity contribution in [3.63, 3.8) is 0 Å². The normalized spacial score (nSPS) is 44.1. The Balaban J connectivity index is 1.85. The first-order valence-electron chi connectivity index (χ1n) is 21.2. The number of aliphatic hydroxyl groups is 4. The largest absolute Gasteiger partial charge is 0.465 e. The number of ketones is 1. The van der Waals surface area contributed by atoms with Gasteiger partial charge in [0.05, 0.1) is 59.9 Å². The van der Waals surface area contributed by atoms with Crippen molar-refractivity contribution in [1.82, 2.24) is 4.90 Å². The van der Waals surface area contributed by atoms with Gasteiger partial charge in [0.1, 0.15) is 29.4 Å². The van der Waals surface area contributed by atoms with Gasteiger partial charge in [-0.2, -0.15) is 0 Å². The zero-order valence-electron chi connectivity index (χ0n) is 37.6. The van der Waals surface area contributed by atoms with Crippen LogP contribution in [-0.4, -0.2) is 149 Å². The highest BCUT2D eigenvalue weighted by molar-refractivity contribution is 5.86. The zero-order chi connectivity index (χ0) is 45.1. The average Bonchev–Trinajstić information content (AvgIpc) is 3.71. The number of cyclic esters (lactones) is 1. The Kier molecular flexibility index (Phi) is 16.8. The number of nitrogens with zero attached hydrogens (tertiary/aromatic N) is 1. The minimum atomic E-state index is -2.03. The lowest BCUT2D eigenvalue weighted by Gasteiger charge is -2.49. The molecule has 0 spiro atoms. The Morgan fingerprint density at radius 3 is 2.20 bits per heavy atom. The minimum Gasteiger partial charge on any atom is -0.465 e. The maximum atomic E-state index is 14.3. The third kappa shape index (κ3) is 11.2. The predicted molar refractivity (Wildman–Crippen MR) is 218 cm³/mol. The molecule has 16 heteroatoms. The number of likely N-dealkylation sites (N-methyl/N-ethyl adjacent to an activating group) is 1. The van der Waals surface area contributed by atoms with E-state index >= 15 is 0 Å². The molecule has 1 aromatic heterocycles. The summed E-state index contributed by atoms with van der Waals surface area (Å²) >= 11 is 0. The first kappa shape index (κ1) is 49.9. The quantitative estimate of drug-likeness (QED) is 0.195. The van der Waals surface area contributed by atoms with Crippen molar-refractivity contribution in [2.75, 3.05) is 21.2 Å². The van der Waals surface area contributed by atoms with Gasteiger partial charge < -0.3 is 62.9 Å². The molecule has 342 valence electrons. The van der Waals surface area contributed by atoms with Crippen LogP contribution in [0.4, 0.5) is 0 Å². The maximum Gasteiger partial charge on any atom is 0.331 e. The molecule has 4 rings (SSSR count). The summed E-state index contributed by atoms with van der Waals surface area (Å²) in [5.41, 5.74) is -5.01. The fraction of sp³-hybridized carbons (Fsp3) is 0.795. The Hall–Kier alpha value is -2.77. The number of aliphatic hydroxyl groups excluding tert-OH is 2. The van der Waals surface area contributed by atoms with Crippen LogP contribution in [0.15, 0.2) is 28.9 Å². The smallest absolute Gasteiger partial charge is 0.331 e. The molecule has 3 saturated heterocycles. The van der Waals surface area contributed by atoms with Crippen LogP contribution in [0.3, 0.4) is 0 Å². The van der Waals surface area contributed by atoms with E-state index in [2.05, 4.69) is 0 Å². The number of furan rings is 1. The van der Waals surface area contributed by atoms with E-state index in [1.54, 1.807) is 53.7 Å². The number of esters is 2. The van der Waals surface area contributed by atoms with Crippen molar-refractivity contribution < 1.29 is 72.4 Å². The predicted octanol–water partition coefficient (Wildman–Crippen LogP) is 3.64. The Labute approximate surface area is 354 Å². The molecular formula is C44H71NO15. The lowest BCUT2D eigenvalue weighted by molar-refractivity contribution is -0.318. The molecular weight excluding hydrogens is 782 g/mol. The van der Waals surface area contributed by atoms with Crippen molar-refractivity contribution in [3.8, 4) is 0 Å². The van der Waals surface area contributed by atoms with E-state index in [-0.39, 0.29) is 19.3 Å². The van der Waals surface area contributed by atoms with Gasteiger partial charge in [-0.1, -0.05) is 27.7 Å². The number of ether oxygens (including phenoxy) is 7. The van der Waals surface area contributed by atoms with Gasteiger partial charge in [-0.15, -0.1) is 0 Å². The molecule has 18 unspecified atom stereocenters. The Morgan fingerprint density at radius 2 is 1.62 bits per heavy atom. The number of Topliss-reactive ketones (excluding diaryl/α,β-unsaturated/α-hetero) is 1. The second-order valence-corrected chi connectivity index (χ2v) is 18.2. The van der Waals surface area contributed by atoms with Crippen LogP contribution < -0.4 is 0 Å². The van der Waals surface area contributed by atoms with Crippen molar-refractivity contribution in [2.45, 2.75) is 179 Å². The SMILES string of the molecule is CCC1OC(=O)C(C)C(OC2CC(C)(OC)C(O)C(C)O2)C(C)C(OC2OC(C)CC(N(C)C)C2OC(=O)C=Cc2ccco2)C(C)(O)CC(C)C(=O)C(C)C(O)C1(C)O. The van der Waals surface area contributed by atoms with Crippen LogP contribution in [0.1, 0.15) is 101 Å². The molecule has 16 nitrogen and oxygen atoms in total. The average molecular weight is 854 g/mol. The van der Waals surface area contributed by atoms with E-state index in [1.807, 2.05) is 25.9 Å². The summed E-state index contributed by atoms with van der Waals surface area (Å²) in [4.78, 5) is 43.6. The monoisotopic (exact) mass is 853 g/mol. The third-order valence-corrected chi connectivity index (χ3v) is 13.0. The fourth-order valence-corrected chi connectivity index (χ4v) is 9.23. The summed E-state index contributed by atoms with van der Waals surface area (Å²) in [6.45, 7) is 16.2. The Bertz CT molecular complexity index is 1600. The number of methoxy groups -OCH3 is 1. The summed E-state index contributed by atoms with van der Waals surface area (Å²) in [5, 5.41) is 46.9. The zero-order valence-corrected chi connectivity index (χ0v) is 37.6.